The number of fused-ring (bicyclic) bond motifs is 1. The topological polar surface area (TPSA) is 44.9 Å². The lowest BCUT2D eigenvalue weighted by atomic mass is 9.96. The second-order valence-electron chi connectivity index (χ2n) is 5.88. The quantitative estimate of drug-likeness (QED) is 0.738. The SMILES string of the molecule is O=C(NC[C@H](c1cccs1)c1c[nH]c2ccccc12)C1CC1. The van der Waals surface area contributed by atoms with Crippen LogP contribution in [0.4, 0.5) is 0 Å². The second-order valence-corrected chi connectivity index (χ2v) is 6.86. The molecule has 2 heterocycles. The van der Waals surface area contributed by atoms with Crippen molar-refractivity contribution in [1.29, 1.82) is 0 Å². The first kappa shape index (κ1) is 13.6. The molecule has 1 atom stereocenters. The lowest BCUT2D eigenvalue weighted by Crippen LogP contribution is -2.29. The molecule has 1 aliphatic carbocycles. The highest BCUT2D eigenvalue weighted by Crippen LogP contribution is 2.33. The first-order valence-electron chi connectivity index (χ1n) is 7.70. The molecule has 3 aromatic rings. The van der Waals surface area contributed by atoms with Gasteiger partial charge < -0.3 is 10.3 Å². The molecule has 1 amide bonds. The van der Waals surface area contributed by atoms with Crippen molar-refractivity contribution in [3.05, 3.63) is 58.4 Å². The van der Waals surface area contributed by atoms with Crippen molar-refractivity contribution in [3.63, 3.8) is 0 Å². The molecule has 1 saturated carbocycles. The summed E-state index contributed by atoms with van der Waals surface area (Å²) in [5.41, 5.74) is 2.40. The number of hydrogen-bond acceptors (Lipinski definition) is 2. The van der Waals surface area contributed by atoms with E-state index in [1.807, 2.05) is 6.07 Å². The molecule has 0 radical (unpaired) electrons. The summed E-state index contributed by atoms with van der Waals surface area (Å²) in [5, 5.41) is 6.47. The van der Waals surface area contributed by atoms with Gasteiger partial charge in [-0.05, 0) is 35.9 Å². The fourth-order valence-electron chi connectivity index (χ4n) is 2.93. The Morgan fingerprint density at radius 2 is 2.14 bits per heavy atom. The third-order valence-electron chi connectivity index (χ3n) is 4.31. The summed E-state index contributed by atoms with van der Waals surface area (Å²) in [6.07, 6.45) is 4.17. The Hall–Kier alpha value is -2.07. The first-order valence-corrected chi connectivity index (χ1v) is 8.58. The van der Waals surface area contributed by atoms with Crippen molar-refractivity contribution in [2.24, 2.45) is 5.92 Å². The zero-order chi connectivity index (χ0) is 14.9. The van der Waals surface area contributed by atoms with Crippen molar-refractivity contribution < 1.29 is 4.79 Å². The van der Waals surface area contributed by atoms with Gasteiger partial charge in [-0.1, -0.05) is 24.3 Å². The van der Waals surface area contributed by atoms with E-state index in [1.165, 1.54) is 15.8 Å². The van der Waals surface area contributed by atoms with Crippen LogP contribution in [0, 0.1) is 5.92 Å². The van der Waals surface area contributed by atoms with Crippen molar-refractivity contribution in [1.82, 2.24) is 10.3 Å². The molecule has 1 aliphatic rings. The van der Waals surface area contributed by atoms with E-state index in [0.29, 0.717) is 6.54 Å². The lowest BCUT2D eigenvalue weighted by Gasteiger charge is -2.16. The molecule has 1 aromatic carbocycles. The molecule has 4 heteroatoms. The molecule has 0 aliphatic heterocycles. The van der Waals surface area contributed by atoms with Gasteiger partial charge in [0.15, 0.2) is 0 Å². The summed E-state index contributed by atoms with van der Waals surface area (Å²) in [4.78, 5) is 16.6. The third kappa shape index (κ3) is 2.55. The maximum Gasteiger partial charge on any atom is 0.223 e. The minimum Gasteiger partial charge on any atom is -0.361 e. The van der Waals surface area contributed by atoms with Gasteiger partial charge in [-0.3, -0.25) is 4.79 Å². The zero-order valence-corrected chi connectivity index (χ0v) is 13.0. The highest BCUT2D eigenvalue weighted by molar-refractivity contribution is 7.10. The molecule has 2 aromatic heterocycles. The van der Waals surface area contributed by atoms with Gasteiger partial charge in [0.25, 0.3) is 0 Å². The normalized spacial score (nSPS) is 15.8. The van der Waals surface area contributed by atoms with Crippen LogP contribution in [-0.4, -0.2) is 17.4 Å². The monoisotopic (exact) mass is 310 g/mol. The molecule has 2 N–H and O–H groups in total. The molecule has 4 rings (SSSR count). The van der Waals surface area contributed by atoms with Crippen LogP contribution in [-0.2, 0) is 4.79 Å². The number of nitrogens with one attached hydrogen (secondary N) is 2. The predicted octanol–water partition coefficient (Wildman–Crippen LogP) is 3.89. The molecule has 0 bridgehead atoms. The van der Waals surface area contributed by atoms with E-state index < -0.39 is 0 Å². The highest BCUT2D eigenvalue weighted by atomic mass is 32.1. The molecule has 22 heavy (non-hydrogen) atoms. The molecule has 3 nitrogen and oxygen atoms in total. The average molecular weight is 310 g/mol. The number of para-hydroxylation sites is 1. The number of thiophene rings is 1. The maximum absolute atomic E-state index is 12.0. The van der Waals surface area contributed by atoms with Crippen LogP contribution in [0.2, 0.25) is 0 Å². The fourth-order valence-corrected chi connectivity index (χ4v) is 3.77. The summed E-state index contributed by atoms with van der Waals surface area (Å²) >= 11 is 1.75. The van der Waals surface area contributed by atoms with Gasteiger partial charge in [0.05, 0.1) is 0 Å². The Bertz CT molecular complexity index is 786. The standard InChI is InChI=1S/C18H18N2OS/c21-18(12-7-8-12)20-11-15(17-6-3-9-22-17)14-10-19-16-5-2-1-4-13(14)16/h1-6,9-10,12,15,19H,7-8,11H2,(H,20,21)/t15-/m0/s1. The molecule has 1 fully saturated rings. The Kier molecular flexibility index (Phi) is 3.47. The van der Waals surface area contributed by atoms with Gasteiger partial charge in [-0.2, -0.15) is 0 Å². The van der Waals surface area contributed by atoms with Crippen molar-refractivity contribution >= 4 is 28.1 Å². The minimum absolute atomic E-state index is 0.207. The van der Waals surface area contributed by atoms with Crippen LogP contribution in [0.15, 0.2) is 48.0 Å². The van der Waals surface area contributed by atoms with Gasteiger partial charge in [-0.25, -0.2) is 0 Å². The van der Waals surface area contributed by atoms with E-state index in [0.717, 1.165) is 18.4 Å². The summed E-state index contributed by atoms with van der Waals surface area (Å²) in [5.74, 6) is 0.673. The Labute approximate surface area is 133 Å². The van der Waals surface area contributed by atoms with Crippen LogP contribution >= 0.6 is 11.3 Å². The molecule has 112 valence electrons. The molecule has 0 unspecified atom stereocenters. The molecular weight excluding hydrogens is 292 g/mol. The number of hydrogen-bond donors (Lipinski definition) is 2. The van der Waals surface area contributed by atoms with Crippen LogP contribution in [0.1, 0.15) is 29.2 Å². The van der Waals surface area contributed by atoms with Crippen LogP contribution in [0.5, 0.6) is 0 Å². The molecule has 0 saturated heterocycles. The van der Waals surface area contributed by atoms with E-state index >= 15 is 0 Å². The van der Waals surface area contributed by atoms with Gasteiger partial charge in [-0.15, -0.1) is 11.3 Å². The Balaban J connectivity index is 1.66. The molecule has 0 spiro atoms. The fraction of sp³-hybridized carbons (Fsp3) is 0.278. The first-order chi connectivity index (χ1) is 10.8. The van der Waals surface area contributed by atoms with Crippen LogP contribution in [0.25, 0.3) is 10.9 Å². The van der Waals surface area contributed by atoms with Gasteiger partial charge >= 0.3 is 0 Å². The van der Waals surface area contributed by atoms with Crippen LogP contribution < -0.4 is 5.32 Å². The van der Waals surface area contributed by atoms with E-state index in [4.69, 9.17) is 0 Å². The number of aromatic amines is 1. The van der Waals surface area contributed by atoms with Crippen molar-refractivity contribution in [2.75, 3.05) is 6.54 Å². The van der Waals surface area contributed by atoms with Gasteiger partial charge in [0.2, 0.25) is 5.91 Å². The summed E-state index contributed by atoms with van der Waals surface area (Å²) in [6.45, 7) is 0.664. The third-order valence-corrected chi connectivity index (χ3v) is 5.30. The van der Waals surface area contributed by atoms with Gasteiger partial charge in [0, 0.05) is 40.4 Å². The largest absolute Gasteiger partial charge is 0.361 e. The van der Waals surface area contributed by atoms with E-state index in [1.54, 1.807) is 11.3 Å². The summed E-state index contributed by atoms with van der Waals surface area (Å²) in [7, 11) is 0. The van der Waals surface area contributed by atoms with E-state index in [-0.39, 0.29) is 17.7 Å². The number of amides is 1. The van der Waals surface area contributed by atoms with E-state index in [9.17, 15) is 4.79 Å². The number of benzene rings is 1. The van der Waals surface area contributed by atoms with Crippen LogP contribution in [0.3, 0.4) is 0 Å². The number of carbonyl (C=O) groups is 1. The van der Waals surface area contributed by atoms with E-state index in [2.05, 4.69) is 52.2 Å². The average Bonchev–Trinajstić information content (AvgIpc) is 3.09. The highest BCUT2D eigenvalue weighted by Gasteiger charge is 2.30. The summed E-state index contributed by atoms with van der Waals surface area (Å²) < 4.78 is 0. The van der Waals surface area contributed by atoms with Crippen molar-refractivity contribution in [2.45, 2.75) is 18.8 Å². The number of H-pyrrole nitrogens is 1. The smallest absolute Gasteiger partial charge is 0.223 e. The zero-order valence-electron chi connectivity index (χ0n) is 12.2. The maximum atomic E-state index is 12.0. The molecular formula is C18H18N2OS. The second kappa shape index (κ2) is 5.61. The number of aromatic nitrogens is 1. The Morgan fingerprint density at radius 3 is 2.91 bits per heavy atom. The summed E-state index contributed by atoms with van der Waals surface area (Å²) in [6, 6.07) is 12.6. The number of carbonyl (C=O) groups excluding carboxylic acids is 1. The Morgan fingerprint density at radius 1 is 1.27 bits per heavy atom. The lowest BCUT2D eigenvalue weighted by molar-refractivity contribution is -0.122. The minimum atomic E-state index is 0.207. The van der Waals surface area contributed by atoms with Crippen molar-refractivity contribution in [3.8, 4) is 0 Å². The van der Waals surface area contributed by atoms with Gasteiger partial charge in [0.1, 0.15) is 0 Å². The number of rotatable bonds is 5. The predicted molar refractivity (Wildman–Crippen MR) is 90.2 cm³/mol.